The first-order valence-electron chi connectivity index (χ1n) is 2.89. The van der Waals surface area contributed by atoms with Crippen LogP contribution in [0.5, 0.6) is 5.75 Å². The van der Waals surface area contributed by atoms with Gasteiger partial charge < -0.3 is 4.74 Å². The minimum absolute atomic E-state index is 0.289. The van der Waals surface area contributed by atoms with Gasteiger partial charge in [0.2, 0.25) is 0 Å². The second kappa shape index (κ2) is 5.24. The average molecular weight is 153 g/mol. The molecule has 2 nitrogen and oxygen atoms in total. The Balaban J connectivity index is 0.000000461. The van der Waals surface area contributed by atoms with E-state index >= 15 is 0 Å². The number of para-hydroxylation sites is 1. The lowest BCUT2D eigenvalue weighted by molar-refractivity contribution is 0.386. The van der Waals surface area contributed by atoms with Crippen LogP contribution in [0.25, 0.3) is 0 Å². The molecule has 0 unspecified atom stereocenters. The Morgan fingerprint density at radius 1 is 1.36 bits per heavy atom. The predicted molar refractivity (Wildman–Crippen MR) is 39.6 cm³/mol. The van der Waals surface area contributed by atoms with Crippen molar-refractivity contribution >= 4 is 0 Å². The highest BCUT2D eigenvalue weighted by Gasteiger charge is 1.95. The Labute approximate surface area is 64.8 Å². The van der Waals surface area contributed by atoms with Crippen LogP contribution >= 0.6 is 0 Å². The number of ether oxygens (including phenoxy) is 1. The molecule has 0 fully saturated rings. The highest BCUT2D eigenvalue weighted by Crippen LogP contribution is 2.13. The lowest BCUT2D eigenvalue weighted by Gasteiger charge is -1.97. The molecule has 0 saturated heterocycles. The van der Waals surface area contributed by atoms with Gasteiger partial charge in [0.1, 0.15) is 0 Å². The van der Waals surface area contributed by atoms with Crippen LogP contribution in [0.3, 0.4) is 0 Å². The van der Waals surface area contributed by atoms with E-state index in [0.29, 0.717) is 0 Å². The van der Waals surface area contributed by atoms with Crippen LogP contribution in [-0.4, -0.2) is 7.11 Å². The number of rotatable bonds is 1. The minimum atomic E-state index is -0.319. The second-order valence-corrected chi connectivity index (χ2v) is 1.63. The van der Waals surface area contributed by atoms with E-state index in [1.165, 1.54) is 13.2 Å². The molecule has 1 rings (SSSR count). The van der Waals surface area contributed by atoms with Crippen molar-refractivity contribution in [2.24, 2.45) is 0 Å². The molecule has 0 aliphatic rings. The van der Waals surface area contributed by atoms with Gasteiger partial charge in [-0.3, -0.25) is 0 Å². The zero-order chi connectivity index (χ0) is 8.69. The Bertz CT molecular complexity index is 235. The van der Waals surface area contributed by atoms with E-state index in [-0.39, 0.29) is 11.6 Å². The van der Waals surface area contributed by atoms with E-state index in [1.807, 2.05) is 0 Å². The Kier molecular flexibility index (Phi) is 4.50. The monoisotopic (exact) mass is 153 g/mol. The van der Waals surface area contributed by atoms with Crippen LogP contribution in [0, 0.1) is 17.7 Å². The summed E-state index contributed by atoms with van der Waals surface area (Å²) in [5.74, 6) is -0.0301. The summed E-state index contributed by atoms with van der Waals surface area (Å²) in [6.07, 6.45) is 0. The Hall–Kier alpha value is -1.56. The van der Waals surface area contributed by atoms with Crippen LogP contribution in [0.1, 0.15) is 0 Å². The molecule has 1 aromatic carbocycles. The molecule has 0 heterocycles. The summed E-state index contributed by atoms with van der Waals surface area (Å²) in [7, 11) is 1.44. The van der Waals surface area contributed by atoms with Crippen molar-refractivity contribution in [1.29, 1.82) is 5.26 Å². The van der Waals surface area contributed by atoms with E-state index in [4.69, 9.17) is 5.26 Å². The topological polar surface area (TPSA) is 33.0 Å². The molecule has 0 spiro atoms. The van der Waals surface area contributed by atoms with Crippen molar-refractivity contribution in [2.75, 3.05) is 7.11 Å². The van der Waals surface area contributed by atoms with E-state index in [0.717, 1.165) is 0 Å². The third-order valence-corrected chi connectivity index (χ3v) is 1.06. The van der Waals surface area contributed by atoms with Gasteiger partial charge >= 0.3 is 0 Å². The van der Waals surface area contributed by atoms with Gasteiger partial charge in [0.25, 0.3) is 0 Å². The fourth-order valence-electron chi connectivity index (χ4n) is 0.610. The number of hydrogen-bond acceptors (Lipinski definition) is 2. The average Bonchev–Trinajstić information content (AvgIpc) is 2.09. The van der Waals surface area contributed by atoms with Gasteiger partial charge in [-0.1, -0.05) is 12.1 Å². The van der Waals surface area contributed by atoms with Crippen LogP contribution in [0.15, 0.2) is 24.3 Å². The second-order valence-electron chi connectivity index (χ2n) is 1.63. The van der Waals surface area contributed by atoms with Crippen LogP contribution in [-0.2, 0) is 0 Å². The maximum absolute atomic E-state index is 12.5. The molecule has 0 aliphatic heterocycles. The predicted octanol–water partition coefficient (Wildman–Crippen LogP) is 1.97. The van der Waals surface area contributed by atoms with Crippen molar-refractivity contribution in [3.63, 3.8) is 0 Å². The van der Waals surface area contributed by atoms with Crippen LogP contribution < -0.4 is 4.74 Å². The lowest BCUT2D eigenvalue weighted by atomic mass is 10.3. The van der Waals surface area contributed by atoms with Crippen molar-refractivity contribution in [3.8, 4) is 12.3 Å². The standard InChI is InChI=1S/C7H7FO.CHN/c1-9-7-5-3-2-4-6(7)8;1-2/h2-5H,1H3;1H. The lowest BCUT2D eigenvalue weighted by Crippen LogP contribution is -1.85. The largest absolute Gasteiger partial charge is 0.494 e. The fourth-order valence-corrected chi connectivity index (χ4v) is 0.610. The van der Waals surface area contributed by atoms with Crippen LogP contribution in [0.2, 0.25) is 0 Å². The summed E-state index contributed by atoms with van der Waals surface area (Å²) in [5.41, 5.74) is 0. The zero-order valence-corrected chi connectivity index (χ0v) is 6.12. The van der Waals surface area contributed by atoms with Gasteiger partial charge in [-0.2, -0.15) is 0 Å². The smallest absolute Gasteiger partial charge is 0.165 e. The van der Waals surface area contributed by atoms with Gasteiger partial charge in [0.05, 0.1) is 7.11 Å². The molecule has 3 heteroatoms. The molecule has 0 N–H and O–H groups in total. The number of hydrogen-bond donors (Lipinski definition) is 0. The molecule has 11 heavy (non-hydrogen) atoms. The minimum Gasteiger partial charge on any atom is -0.494 e. The fraction of sp³-hybridized carbons (Fsp3) is 0.125. The summed E-state index contributed by atoms with van der Waals surface area (Å²) in [6.45, 7) is 3.50. The third-order valence-electron chi connectivity index (χ3n) is 1.06. The molecular weight excluding hydrogens is 145 g/mol. The summed E-state index contributed by atoms with van der Waals surface area (Å²) in [4.78, 5) is 0. The molecule has 0 aliphatic carbocycles. The molecule has 0 saturated carbocycles. The van der Waals surface area contributed by atoms with Gasteiger partial charge in [-0.25, -0.2) is 9.65 Å². The molecule has 0 radical (unpaired) electrons. The maximum atomic E-state index is 12.5. The first-order chi connectivity index (χ1) is 5.34. The quantitative estimate of drug-likeness (QED) is 0.618. The van der Waals surface area contributed by atoms with Gasteiger partial charge in [-0.05, 0) is 12.1 Å². The van der Waals surface area contributed by atoms with E-state index in [1.54, 1.807) is 18.2 Å². The van der Waals surface area contributed by atoms with E-state index in [9.17, 15) is 4.39 Å². The van der Waals surface area contributed by atoms with Gasteiger partial charge in [-0.15, -0.1) is 0 Å². The molecule has 0 bridgehead atoms. The SMILES string of the molecule is C#N.COc1ccccc1F. The highest BCUT2D eigenvalue weighted by molar-refractivity contribution is 5.23. The highest BCUT2D eigenvalue weighted by atomic mass is 19.1. The molecule has 0 atom stereocenters. The van der Waals surface area contributed by atoms with Crippen molar-refractivity contribution in [3.05, 3.63) is 30.1 Å². The summed E-state index contributed by atoms with van der Waals surface area (Å²) < 4.78 is 17.1. The van der Waals surface area contributed by atoms with Crippen molar-refractivity contribution in [1.82, 2.24) is 0 Å². The molecular formula is C8H8FNO. The number of methoxy groups -OCH3 is 1. The normalized spacial score (nSPS) is 7.64. The first kappa shape index (κ1) is 9.44. The maximum Gasteiger partial charge on any atom is 0.165 e. The summed E-state index contributed by atoms with van der Waals surface area (Å²) >= 11 is 0. The molecule has 58 valence electrons. The van der Waals surface area contributed by atoms with Crippen molar-refractivity contribution < 1.29 is 9.13 Å². The first-order valence-corrected chi connectivity index (χ1v) is 2.89. The third kappa shape index (κ3) is 2.67. The zero-order valence-electron chi connectivity index (χ0n) is 6.12. The van der Waals surface area contributed by atoms with Gasteiger partial charge in [0, 0.05) is 6.57 Å². The number of benzene rings is 1. The molecule has 0 aromatic heterocycles. The number of nitriles is 1. The summed E-state index contributed by atoms with van der Waals surface area (Å²) in [5, 5.41) is 6.50. The Morgan fingerprint density at radius 2 is 1.91 bits per heavy atom. The molecule has 1 aromatic rings. The number of halogens is 1. The Morgan fingerprint density at radius 3 is 2.27 bits per heavy atom. The van der Waals surface area contributed by atoms with Crippen molar-refractivity contribution in [2.45, 2.75) is 0 Å². The number of nitrogens with zero attached hydrogens (tertiary/aromatic N) is 1. The van der Waals surface area contributed by atoms with E-state index < -0.39 is 0 Å². The summed E-state index contributed by atoms with van der Waals surface area (Å²) in [6, 6.07) is 6.29. The van der Waals surface area contributed by atoms with Gasteiger partial charge in [0.15, 0.2) is 11.6 Å². The molecule has 0 amide bonds. The van der Waals surface area contributed by atoms with E-state index in [2.05, 4.69) is 11.3 Å². The van der Waals surface area contributed by atoms with Crippen LogP contribution in [0.4, 0.5) is 4.39 Å².